The molecule has 0 spiro atoms. The molecular weight excluding hydrogens is 755 g/mol. The van der Waals surface area contributed by atoms with Crippen molar-refractivity contribution in [3.05, 3.63) is 224 Å². The largest absolute Gasteiger partial charge is 0.309 e. The lowest BCUT2D eigenvalue weighted by atomic mass is 9.99. The first-order valence-electron chi connectivity index (χ1n) is 31.0. The van der Waals surface area contributed by atoms with Crippen molar-refractivity contribution >= 4 is 43.6 Å². The lowest BCUT2D eigenvalue weighted by Crippen LogP contribution is -2.02. The Kier molecular flexibility index (Phi) is 4.48. The molecule has 0 amide bonds. The van der Waals surface area contributed by atoms with Crippen LogP contribution in [-0.4, -0.2) is 24.1 Å². The molecule has 12 rings (SSSR count). The maximum absolute atomic E-state index is 10.1. The van der Waals surface area contributed by atoms with E-state index in [-0.39, 0.29) is 11.4 Å². The molecule has 0 N–H and O–H groups in total. The topological polar surface area (TPSA) is 48.5 Å². The first kappa shape index (κ1) is 18.9. The molecule has 290 valence electrons. The van der Waals surface area contributed by atoms with Gasteiger partial charge in [0.25, 0.3) is 0 Å². The second-order valence-corrected chi connectivity index (χ2v) is 13.8. The van der Waals surface area contributed by atoms with Gasteiger partial charge in [-0.05, 0) is 76.7 Å². The van der Waals surface area contributed by atoms with Crippen molar-refractivity contribution < 1.29 is 32.9 Å². The number of aromatic nitrogens is 5. The lowest BCUT2D eigenvalue weighted by molar-refractivity contribution is 1.07. The fourth-order valence-corrected chi connectivity index (χ4v) is 7.57. The molecule has 0 aliphatic rings. The van der Waals surface area contributed by atoms with Crippen molar-refractivity contribution in [2.75, 3.05) is 0 Å². The normalized spacial score (nSPS) is 17.0. The quantitative estimate of drug-likeness (QED) is 0.161. The van der Waals surface area contributed by atoms with Gasteiger partial charge in [-0.15, -0.1) is 0 Å². The molecular formula is C57H37N5. The molecule has 5 nitrogen and oxygen atoms in total. The van der Waals surface area contributed by atoms with Crippen LogP contribution in [0.5, 0.6) is 0 Å². The molecule has 3 aromatic heterocycles. The molecule has 5 heteroatoms. The van der Waals surface area contributed by atoms with E-state index in [1.165, 1.54) is 0 Å². The van der Waals surface area contributed by atoms with E-state index in [2.05, 4.69) is 0 Å². The Morgan fingerprint density at radius 1 is 0.339 bits per heavy atom. The zero-order valence-electron chi connectivity index (χ0n) is 55.7. The van der Waals surface area contributed by atoms with Gasteiger partial charge in [0.2, 0.25) is 0 Å². The minimum atomic E-state index is -0.892. The summed E-state index contributed by atoms with van der Waals surface area (Å²) in [7, 11) is 0. The van der Waals surface area contributed by atoms with Gasteiger partial charge in [-0.3, -0.25) is 0 Å². The van der Waals surface area contributed by atoms with Gasteiger partial charge in [0.1, 0.15) is 0 Å². The van der Waals surface area contributed by atoms with Crippen LogP contribution >= 0.6 is 0 Å². The molecule has 12 aromatic rings. The summed E-state index contributed by atoms with van der Waals surface area (Å²) in [5.41, 5.74) is -1.49. The Bertz CT molecular complexity index is 4990. The average Bonchev–Trinajstić information content (AvgIpc) is 1.54. The highest BCUT2D eigenvalue weighted by molar-refractivity contribution is 6.13. The molecule has 3 heterocycles. The van der Waals surface area contributed by atoms with Crippen molar-refractivity contribution in [1.82, 2.24) is 24.1 Å². The zero-order valence-corrected chi connectivity index (χ0v) is 31.7. The van der Waals surface area contributed by atoms with E-state index in [1.807, 2.05) is 54.6 Å². The molecule has 9 aromatic carbocycles. The Hall–Kier alpha value is -8.41. The highest BCUT2D eigenvalue weighted by Crippen LogP contribution is 2.39. The fraction of sp³-hybridized carbons (Fsp3) is 0. The average molecular weight is 816 g/mol. The van der Waals surface area contributed by atoms with Crippen LogP contribution in [-0.2, 0) is 0 Å². The van der Waals surface area contributed by atoms with E-state index < -0.39 is 223 Å². The molecule has 0 saturated carbocycles. The summed E-state index contributed by atoms with van der Waals surface area (Å²) in [6, 6.07) is 3.60. The van der Waals surface area contributed by atoms with Crippen LogP contribution in [0, 0.1) is 0 Å². The minimum absolute atomic E-state index is 0.179. The second-order valence-electron chi connectivity index (χ2n) is 13.8. The molecule has 0 fully saturated rings. The van der Waals surface area contributed by atoms with Crippen LogP contribution in [0.25, 0.3) is 111 Å². The highest BCUT2D eigenvalue weighted by atomic mass is 15.1. The van der Waals surface area contributed by atoms with Crippen LogP contribution < -0.4 is 0 Å². The lowest BCUT2D eigenvalue weighted by Gasteiger charge is -2.13. The predicted molar refractivity (Wildman–Crippen MR) is 256 cm³/mol. The van der Waals surface area contributed by atoms with Crippen LogP contribution in [0.4, 0.5) is 0 Å². The highest BCUT2D eigenvalue weighted by Gasteiger charge is 2.21. The third kappa shape index (κ3) is 5.98. The van der Waals surface area contributed by atoms with Crippen LogP contribution in [0.1, 0.15) is 32.9 Å². The van der Waals surface area contributed by atoms with Gasteiger partial charge in [0.05, 0.1) is 55.0 Å². The molecule has 0 atom stereocenters. The van der Waals surface area contributed by atoms with Crippen LogP contribution in [0.3, 0.4) is 0 Å². The molecule has 0 aliphatic heterocycles. The van der Waals surface area contributed by atoms with Gasteiger partial charge in [0, 0.05) is 49.6 Å². The molecule has 0 unspecified atom stereocenters. The van der Waals surface area contributed by atoms with Crippen LogP contribution in [0.15, 0.2) is 224 Å². The van der Waals surface area contributed by atoms with E-state index in [1.54, 1.807) is 24.3 Å². The number of para-hydroxylation sites is 5. The van der Waals surface area contributed by atoms with Crippen molar-refractivity contribution in [2.45, 2.75) is 0 Å². The maximum Gasteiger partial charge on any atom is 0.166 e. The zero-order chi connectivity index (χ0) is 61.9. The first-order chi connectivity index (χ1) is 40.7. The molecule has 0 saturated heterocycles. The number of nitrogens with zero attached hydrogens (tertiary/aromatic N) is 5. The monoisotopic (exact) mass is 815 g/mol. The molecule has 62 heavy (non-hydrogen) atoms. The van der Waals surface area contributed by atoms with E-state index in [9.17, 15) is 13.7 Å². The Balaban J connectivity index is 1.26. The minimum Gasteiger partial charge on any atom is -0.309 e. The molecule has 0 aliphatic carbocycles. The SMILES string of the molecule is [2H]c1c([2H])c([2H])c(-n2c3c([2H])c([2H])c([2H])c([2H])c3c3c([2H])c([2H])c(-c4nc(-c5cccc(-c6ccc(-c7ccccc7)cc6)c5)nc(-c5c([2H])c([2H])c([2H])c6c7c([2H])c([2H])c([2H])c([2H])c7n(-c7c([2H])c([2H])c([2H])c([2H])c7[2H])c56)n4)c([2H])c32)c([2H])c1[2H]. The van der Waals surface area contributed by atoms with Crippen molar-refractivity contribution in [2.24, 2.45) is 0 Å². The third-order valence-electron chi connectivity index (χ3n) is 10.3. The standard InChI is InChI=1S/C57H37N5/c1-4-16-38(17-5-1)39-30-32-40(33-31-39)41-18-14-19-42(36-41)55-58-56(43-34-35-48-46-24-10-12-28-51(46)61(53(48)37-43)44-20-6-2-7-21-44)60-57(59-55)50-27-15-26-49-47-25-11-13-29-52(47)62(54(49)50)45-22-8-3-9-23-45/h1-37H/i2D,3D,6D,7D,8D,9D,10D,11D,12D,13D,15D,20D,21D,22D,23D,24D,25D,26D,27D,28D,29D,34D,35D,37D. The van der Waals surface area contributed by atoms with Gasteiger partial charge in [0.15, 0.2) is 17.5 Å². The summed E-state index contributed by atoms with van der Waals surface area (Å²) in [6.07, 6.45) is 0. The van der Waals surface area contributed by atoms with Crippen molar-refractivity contribution in [3.8, 4) is 67.8 Å². The summed E-state index contributed by atoms with van der Waals surface area (Å²) in [6.45, 7) is 0. The van der Waals surface area contributed by atoms with Crippen LogP contribution in [0.2, 0.25) is 0 Å². The number of hydrogen-bond donors (Lipinski definition) is 0. The Morgan fingerprint density at radius 3 is 1.58 bits per heavy atom. The van der Waals surface area contributed by atoms with E-state index in [0.717, 1.165) is 20.3 Å². The summed E-state index contributed by atoms with van der Waals surface area (Å²) in [5.74, 6) is -1.64. The Morgan fingerprint density at radius 2 is 0.855 bits per heavy atom. The van der Waals surface area contributed by atoms with Gasteiger partial charge >= 0.3 is 0 Å². The number of rotatable bonds is 7. The summed E-state index contributed by atoms with van der Waals surface area (Å²) in [5, 5.41) is -1.85. The molecule has 0 bridgehead atoms. The summed E-state index contributed by atoms with van der Waals surface area (Å²) < 4.78 is 219. The van der Waals surface area contributed by atoms with Gasteiger partial charge in [-0.1, -0.05) is 169 Å². The van der Waals surface area contributed by atoms with Gasteiger partial charge in [-0.25, -0.2) is 15.0 Å². The third-order valence-corrected chi connectivity index (χ3v) is 10.3. The van der Waals surface area contributed by atoms with Gasteiger partial charge < -0.3 is 9.13 Å². The van der Waals surface area contributed by atoms with Gasteiger partial charge in [-0.2, -0.15) is 0 Å². The Labute approximate surface area is 392 Å². The number of benzene rings is 9. The fourth-order valence-electron chi connectivity index (χ4n) is 7.57. The number of hydrogen-bond acceptors (Lipinski definition) is 3. The summed E-state index contributed by atoms with van der Waals surface area (Å²) >= 11 is 0. The van der Waals surface area contributed by atoms with Crippen molar-refractivity contribution in [3.63, 3.8) is 0 Å². The number of fused-ring (bicyclic) bond motifs is 6. The predicted octanol–water partition coefficient (Wildman–Crippen LogP) is 14.4. The first-order valence-corrected chi connectivity index (χ1v) is 19.0. The van der Waals surface area contributed by atoms with E-state index in [0.29, 0.717) is 11.1 Å². The van der Waals surface area contributed by atoms with E-state index in [4.69, 9.17) is 34.1 Å². The smallest absolute Gasteiger partial charge is 0.166 e. The van der Waals surface area contributed by atoms with E-state index >= 15 is 0 Å². The molecule has 0 radical (unpaired) electrons. The maximum atomic E-state index is 10.1. The summed E-state index contributed by atoms with van der Waals surface area (Å²) in [4.78, 5) is 14.4. The van der Waals surface area contributed by atoms with Crippen molar-refractivity contribution in [1.29, 1.82) is 0 Å². The second kappa shape index (κ2) is 14.7.